The van der Waals surface area contributed by atoms with Crippen LogP contribution in [0.2, 0.25) is 0 Å². The first-order valence-electron chi connectivity index (χ1n) is 6.07. The molecule has 0 aliphatic carbocycles. The molecule has 0 spiro atoms. The molecule has 1 aromatic rings. The number of methoxy groups -OCH3 is 2. The first-order chi connectivity index (χ1) is 8.53. The zero-order valence-corrected chi connectivity index (χ0v) is 12.6. The molecule has 0 radical (unpaired) electrons. The highest BCUT2D eigenvalue weighted by Gasteiger charge is 2.15. The van der Waals surface area contributed by atoms with E-state index in [4.69, 9.17) is 15.2 Å². The summed E-state index contributed by atoms with van der Waals surface area (Å²) in [5.41, 5.74) is 7.38. The second-order valence-corrected chi connectivity index (χ2v) is 5.48. The zero-order valence-electron chi connectivity index (χ0n) is 11.8. The Hall–Kier alpha value is -0.870. The average Bonchev–Trinajstić information content (AvgIpc) is 2.37. The molecule has 0 saturated carbocycles. The van der Waals surface area contributed by atoms with Crippen molar-refractivity contribution < 1.29 is 9.47 Å². The minimum absolute atomic E-state index is 0.161. The predicted molar refractivity (Wildman–Crippen MR) is 77.8 cm³/mol. The predicted octanol–water partition coefficient (Wildman–Crippen LogP) is 2.95. The third-order valence-electron chi connectivity index (χ3n) is 3.10. The summed E-state index contributed by atoms with van der Waals surface area (Å²) in [6.07, 6.45) is 2.92. The van der Waals surface area contributed by atoms with Gasteiger partial charge in [-0.25, -0.2) is 0 Å². The normalized spacial score (nSPS) is 12.6. The summed E-state index contributed by atoms with van der Waals surface area (Å²) in [4.78, 5) is 1.20. The van der Waals surface area contributed by atoms with E-state index in [9.17, 15) is 0 Å². The van der Waals surface area contributed by atoms with Crippen molar-refractivity contribution in [1.29, 1.82) is 0 Å². The number of ether oxygens (including phenoxy) is 2. The van der Waals surface area contributed by atoms with E-state index in [-0.39, 0.29) is 6.04 Å². The Labute approximate surface area is 114 Å². The molecule has 1 aromatic carbocycles. The van der Waals surface area contributed by atoms with Gasteiger partial charge in [0.05, 0.1) is 14.2 Å². The number of thioether (sulfide) groups is 1. The van der Waals surface area contributed by atoms with Crippen LogP contribution in [0.5, 0.6) is 11.5 Å². The van der Waals surface area contributed by atoms with Gasteiger partial charge >= 0.3 is 0 Å². The first-order valence-corrected chi connectivity index (χ1v) is 7.30. The molecule has 2 N–H and O–H groups in total. The summed E-state index contributed by atoms with van der Waals surface area (Å²) < 4.78 is 10.7. The number of rotatable bonds is 6. The molecular weight excluding hydrogens is 246 g/mol. The Morgan fingerprint density at radius 2 is 1.72 bits per heavy atom. The monoisotopic (exact) mass is 269 g/mol. The fourth-order valence-electron chi connectivity index (χ4n) is 1.74. The van der Waals surface area contributed by atoms with E-state index in [2.05, 4.69) is 20.1 Å². The third-order valence-corrected chi connectivity index (χ3v) is 3.92. The van der Waals surface area contributed by atoms with Crippen LogP contribution in [0.15, 0.2) is 17.0 Å². The van der Waals surface area contributed by atoms with E-state index in [1.54, 1.807) is 26.0 Å². The SMILES string of the molecule is COc1cc(CC(N)C(C)C)c(SC)cc1OC. The van der Waals surface area contributed by atoms with Gasteiger partial charge in [0.1, 0.15) is 0 Å². The van der Waals surface area contributed by atoms with E-state index in [0.717, 1.165) is 17.9 Å². The molecule has 0 saturated heterocycles. The van der Waals surface area contributed by atoms with E-state index in [1.807, 2.05) is 12.1 Å². The minimum Gasteiger partial charge on any atom is -0.493 e. The Balaban J connectivity index is 3.09. The molecule has 0 aliphatic heterocycles. The molecule has 1 atom stereocenters. The second-order valence-electron chi connectivity index (χ2n) is 4.63. The summed E-state index contributed by atoms with van der Waals surface area (Å²) in [6, 6.07) is 4.22. The van der Waals surface area contributed by atoms with Gasteiger partial charge in [-0.05, 0) is 36.3 Å². The van der Waals surface area contributed by atoms with Crippen LogP contribution in [-0.4, -0.2) is 26.5 Å². The Bertz CT molecular complexity index is 394. The molecule has 18 heavy (non-hydrogen) atoms. The number of hydrogen-bond donors (Lipinski definition) is 1. The topological polar surface area (TPSA) is 44.5 Å². The molecule has 1 unspecified atom stereocenters. The Morgan fingerprint density at radius 1 is 1.17 bits per heavy atom. The number of nitrogens with two attached hydrogens (primary N) is 1. The van der Waals surface area contributed by atoms with Gasteiger partial charge in [-0.15, -0.1) is 11.8 Å². The molecule has 3 nitrogen and oxygen atoms in total. The van der Waals surface area contributed by atoms with Gasteiger partial charge in [0.25, 0.3) is 0 Å². The summed E-state index contributed by atoms with van der Waals surface area (Å²) in [5.74, 6) is 2.00. The van der Waals surface area contributed by atoms with Crippen LogP contribution in [-0.2, 0) is 6.42 Å². The zero-order chi connectivity index (χ0) is 13.7. The smallest absolute Gasteiger partial charge is 0.161 e. The van der Waals surface area contributed by atoms with E-state index in [0.29, 0.717) is 5.92 Å². The lowest BCUT2D eigenvalue weighted by Crippen LogP contribution is -2.28. The van der Waals surface area contributed by atoms with Crippen LogP contribution in [0.3, 0.4) is 0 Å². The fourth-order valence-corrected chi connectivity index (χ4v) is 2.37. The maximum absolute atomic E-state index is 6.15. The fraction of sp³-hybridized carbons (Fsp3) is 0.571. The van der Waals surface area contributed by atoms with Crippen LogP contribution in [0.1, 0.15) is 19.4 Å². The van der Waals surface area contributed by atoms with Crippen LogP contribution in [0.25, 0.3) is 0 Å². The van der Waals surface area contributed by atoms with Gasteiger partial charge < -0.3 is 15.2 Å². The van der Waals surface area contributed by atoms with Crippen LogP contribution >= 0.6 is 11.8 Å². The van der Waals surface area contributed by atoms with Gasteiger partial charge in [0.2, 0.25) is 0 Å². The van der Waals surface area contributed by atoms with Crippen molar-refractivity contribution in [3.8, 4) is 11.5 Å². The summed E-state index contributed by atoms with van der Waals surface area (Å²) in [6.45, 7) is 4.29. The van der Waals surface area contributed by atoms with Crippen molar-refractivity contribution in [2.24, 2.45) is 11.7 Å². The largest absolute Gasteiger partial charge is 0.493 e. The second kappa shape index (κ2) is 6.90. The summed E-state index contributed by atoms with van der Waals surface area (Å²) in [5, 5.41) is 0. The van der Waals surface area contributed by atoms with Gasteiger partial charge in [-0.3, -0.25) is 0 Å². The van der Waals surface area contributed by atoms with Gasteiger partial charge in [0.15, 0.2) is 11.5 Å². The molecule has 0 aliphatic rings. The van der Waals surface area contributed by atoms with Crippen molar-refractivity contribution in [3.63, 3.8) is 0 Å². The summed E-state index contributed by atoms with van der Waals surface area (Å²) >= 11 is 1.71. The molecule has 0 aromatic heterocycles. The highest BCUT2D eigenvalue weighted by Crippen LogP contribution is 2.35. The molecule has 1 rings (SSSR count). The average molecular weight is 269 g/mol. The first kappa shape index (κ1) is 15.2. The van der Waals surface area contributed by atoms with Crippen molar-refractivity contribution in [3.05, 3.63) is 17.7 Å². The van der Waals surface area contributed by atoms with Crippen molar-refractivity contribution in [2.75, 3.05) is 20.5 Å². The highest BCUT2D eigenvalue weighted by atomic mass is 32.2. The molecule has 0 fully saturated rings. The van der Waals surface area contributed by atoms with Crippen LogP contribution < -0.4 is 15.2 Å². The molecule has 0 amide bonds. The maximum atomic E-state index is 6.15. The molecule has 102 valence electrons. The van der Waals surface area contributed by atoms with E-state index >= 15 is 0 Å². The Morgan fingerprint density at radius 3 is 2.17 bits per heavy atom. The van der Waals surface area contributed by atoms with Crippen molar-refractivity contribution >= 4 is 11.8 Å². The van der Waals surface area contributed by atoms with Gasteiger partial charge in [-0.1, -0.05) is 13.8 Å². The quantitative estimate of drug-likeness (QED) is 0.806. The lowest BCUT2D eigenvalue weighted by molar-refractivity contribution is 0.353. The molecule has 0 heterocycles. The minimum atomic E-state index is 0.161. The van der Waals surface area contributed by atoms with Crippen molar-refractivity contribution in [2.45, 2.75) is 31.2 Å². The number of hydrogen-bond acceptors (Lipinski definition) is 4. The lowest BCUT2D eigenvalue weighted by Gasteiger charge is -2.19. The molecular formula is C14H23NO2S. The third kappa shape index (κ3) is 3.56. The lowest BCUT2D eigenvalue weighted by atomic mass is 9.97. The summed E-state index contributed by atoms with van der Waals surface area (Å²) in [7, 11) is 3.31. The van der Waals surface area contributed by atoms with Crippen LogP contribution in [0.4, 0.5) is 0 Å². The Kier molecular flexibility index (Phi) is 5.82. The standard InChI is InChI=1S/C14H23NO2S/c1-9(2)11(15)6-10-7-12(16-3)13(17-4)8-14(10)18-5/h7-9,11H,6,15H2,1-5H3. The maximum Gasteiger partial charge on any atom is 0.161 e. The van der Waals surface area contributed by atoms with Crippen molar-refractivity contribution in [1.82, 2.24) is 0 Å². The molecule has 4 heteroatoms. The van der Waals surface area contributed by atoms with E-state index < -0.39 is 0 Å². The molecule has 0 bridgehead atoms. The van der Waals surface area contributed by atoms with Gasteiger partial charge in [-0.2, -0.15) is 0 Å². The highest BCUT2D eigenvalue weighted by molar-refractivity contribution is 7.98. The van der Waals surface area contributed by atoms with E-state index in [1.165, 1.54) is 10.5 Å². The number of benzene rings is 1. The van der Waals surface area contributed by atoms with Gasteiger partial charge in [0, 0.05) is 10.9 Å². The van der Waals surface area contributed by atoms with Crippen LogP contribution in [0, 0.1) is 5.92 Å².